The van der Waals surface area contributed by atoms with Crippen molar-refractivity contribution >= 4 is 5.91 Å². The fourth-order valence-electron chi connectivity index (χ4n) is 1.18. The monoisotopic (exact) mass is 187 g/mol. The van der Waals surface area contributed by atoms with E-state index in [2.05, 4.69) is 11.2 Å². The molecule has 0 unspecified atom stereocenters. The first-order chi connectivity index (χ1) is 6.69. The Kier molecular flexibility index (Phi) is 3.30. The van der Waals surface area contributed by atoms with Crippen molar-refractivity contribution in [3.63, 3.8) is 0 Å². The van der Waals surface area contributed by atoms with E-state index in [1.807, 2.05) is 19.9 Å². The van der Waals surface area contributed by atoms with Gasteiger partial charge in [-0.15, -0.1) is 6.42 Å². The van der Waals surface area contributed by atoms with Gasteiger partial charge < -0.3 is 5.32 Å². The van der Waals surface area contributed by atoms with E-state index >= 15 is 0 Å². The summed E-state index contributed by atoms with van der Waals surface area (Å²) in [6, 6.07) is 5.38. The number of nitrogens with one attached hydrogen (secondary N) is 1. The molecular formula is C12H13NO. The molecule has 0 aliphatic carbocycles. The minimum Gasteiger partial charge on any atom is -0.352 e. The number of aryl methyl sites for hydroxylation is 1. The molecule has 0 radical (unpaired) electrons. The molecule has 0 atom stereocenters. The van der Waals surface area contributed by atoms with Gasteiger partial charge in [0.05, 0.1) is 0 Å². The van der Waals surface area contributed by atoms with Crippen molar-refractivity contribution in [1.29, 1.82) is 0 Å². The van der Waals surface area contributed by atoms with Crippen molar-refractivity contribution in [2.75, 3.05) is 6.54 Å². The molecule has 72 valence electrons. The van der Waals surface area contributed by atoms with Crippen molar-refractivity contribution in [1.82, 2.24) is 5.32 Å². The lowest BCUT2D eigenvalue weighted by molar-refractivity contribution is 0.0956. The third-order valence-electron chi connectivity index (χ3n) is 1.99. The van der Waals surface area contributed by atoms with Crippen molar-refractivity contribution in [3.8, 4) is 12.3 Å². The van der Waals surface area contributed by atoms with E-state index in [1.54, 1.807) is 12.1 Å². The predicted molar refractivity (Wildman–Crippen MR) is 57.1 cm³/mol. The number of hydrogen-bond donors (Lipinski definition) is 1. The first kappa shape index (κ1) is 10.3. The fourth-order valence-corrected chi connectivity index (χ4v) is 1.18. The van der Waals surface area contributed by atoms with Crippen LogP contribution in [-0.4, -0.2) is 12.5 Å². The number of carbonyl (C=O) groups excluding carboxylic acids is 1. The van der Waals surface area contributed by atoms with Gasteiger partial charge in [-0.05, 0) is 31.5 Å². The Morgan fingerprint density at radius 2 is 2.29 bits per heavy atom. The topological polar surface area (TPSA) is 29.1 Å². The Balaban J connectivity index is 3.02. The summed E-state index contributed by atoms with van der Waals surface area (Å²) < 4.78 is 0. The Bertz CT molecular complexity index is 388. The van der Waals surface area contributed by atoms with Crippen LogP contribution in [0.2, 0.25) is 0 Å². The number of amides is 1. The van der Waals surface area contributed by atoms with E-state index in [0.717, 1.165) is 11.1 Å². The number of hydrogen-bond acceptors (Lipinski definition) is 1. The van der Waals surface area contributed by atoms with Gasteiger partial charge in [0.2, 0.25) is 0 Å². The summed E-state index contributed by atoms with van der Waals surface area (Å²) in [5.74, 6) is 2.47. The Hall–Kier alpha value is -1.75. The highest BCUT2D eigenvalue weighted by atomic mass is 16.1. The van der Waals surface area contributed by atoms with E-state index in [9.17, 15) is 4.79 Å². The van der Waals surface area contributed by atoms with Crippen LogP contribution in [0.3, 0.4) is 0 Å². The van der Waals surface area contributed by atoms with Crippen LogP contribution in [0.1, 0.15) is 28.4 Å². The zero-order valence-corrected chi connectivity index (χ0v) is 8.42. The maximum Gasteiger partial charge on any atom is 0.251 e. The summed E-state index contributed by atoms with van der Waals surface area (Å²) >= 11 is 0. The smallest absolute Gasteiger partial charge is 0.251 e. The molecule has 1 amide bonds. The van der Waals surface area contributed by atoms with Gasteiger partial charge in [-0.2, -0.15) is 0 Å². The van der Waals surface area contributed by atoms with Crippen LogP contribution in [-0.2, 0) is 0 Å². The molecule has 0 aromatic heterocycles. The molecule has 0 saturated heterocycles. The number of rotatable bonds is 2. The normalized spacial score (nSPS) is 9.21. The largest absolute Gasteiger partial charge is 0.352 e. The standard InChI is InChI=1S/C12H13NO/c1-4-10-8-11(7-6-9(10)3)12(14)13-5-2/h1,6-8H,5H2,2-3H3,(H,13,14). The minimum atomic E-state index is -0.0796. The van der Waals surface area contributed by atoms with Gasteiger partial charge in [0.1, 0.15) is 0 Å². The molecule has 0 saturated carbocycles. The van der Waals surface area contributed by atoms with Gasteiger partial charge in [0.25, 0.3) is 5.91 Å². The molecule has 0 fully saturated rings. The van der Waals surface area contributed by atoms with Gasteiger partial charge >= 0.3 is 0 Å². The van der Waals surface area contributed by atoms with Gasteiger partial charge in [-0.25, -0.2) is 0 Å². The van der Waals surface area contributed by atoms with Crippen LogP contribution >= 0.6 is 0 Å². The van der Waals surface area contributed by atoms with Crippen LogP contribution in [0.4, 0.5) is 0 Å². The maximum absolute atomic E-state index is 11.4. The Labute approximate surface area is 84.3 Å². The molecule has 0 spiro atoms. The SMILES string of the molecule is C#Cc1cc(C(=O)NCC)ccc1C. The van der Waals surface area contributed by atoms with E-state index in [-0.39, 0.29) is 5.91 Å². The van der Waals surface area contributed by atoms with Crippen molar-refractivity contribution in [2.24, 2.45) is 0 Å². The van der Waals surface area contributed by atoms with Crippen LogP contribution in [0.25, 0.3) is 0 Å². The van der Waals surface area contributed by atoms with Crippen LogP contribution < -0.4 is 5.32 Å². The van der Waals surface area contributed by atoms with Gasteiger partial charge in [-0.1, -0.05) is 12.0 Å². The van der Waals surface area contributed by atoms with Gasteiger partial charge in [-0.3, -0.25) is 4.79 Å². The summed E-state index contributed by atoms with van der Waals surface area (Å²) in [5.41, 5.74) is 2.40. The lowest BCUT2D eigenvalue weighted by atomic mass is 10.1. The van der Waals surface area contributed by atoms with E-state index in [1.165, 1.54) is 0 Å². The van der Waals surface area contributed by atoms with Gasteiger partial charge in [0.15, 0.2) is 0 Å². The molecule has 0 aliphatic rings. The van der Waals surface area contributed by atoms with Crippen molar-refractivity contribution < 1.29 is 4.79 Å². The maximum atomic E-state index is 11.4. The lowest BCUT2D eigenvalue weighted by Crippen LogP contribution is -2.22. The molecule has 2 nitrogen and oxygen atoms in total. The van der Waals surface area contributed by atoms with Crippen LogP contribution in [0.5, 0.6) is 0 Å². The second-order valence-corrected chi connectivity index (χ2v) is 3.03. The highest BCUT2D eigenvalue weighted by molar-refractivity contribution is 5.94. The third-order valence-corrected chi connectivity index (χ3v) is 1.99. The fraction of sp³-hybridized carbons (Fsp3) is 0.250. The summed E-state index contributed by atoms with van der Waals surface area (Å²) in [6.07, 6.45) is 5.31. The molecule has 1 rings (SSSR count). The summed E-state index contributed by atoms with van der Waals surface area (Å²) in [4.78, 5) is 11.4. The second-order valence-electron chi connectivity index (χ2n) is 3.03. The number of terminal acetylenes is 1. The molecular weight excluding hydrogens is 174 g/mol. The molecule has 0 aliphatic heterocycles. The molecule has 1 aromatic carbocycles. The minimum absolute atomic E-state index is 0.0796. The average Bonchev–Trinajstić information content (AvgIpc) is 2.19. The predicted octanol–water partition coefficient (Wildman–Crippen LogP) is 1.73. The first-order valence-corrected chi connectivity index (χ1v) is 4.54. The number of carbonyl (C=O) groups is 1. The molecule has 0 heterocycles. The summed E-state index contributed by atoms with van der Waals surface area (Å²) in [7, 11) is 0. The summed E-state index contributed by atoms with van der Waals surface area (Å²) in [6.45, 7) is 4.43. The first-order valence-electron chi connectivity index (χ1n) is 4.54. The summed E-state index contributed by atoms with van der Waals surface area (Å²) in [5, 5.41) is 2.73. The van der Waals surface area contributed by atoms with Gasteiger partial charge in [0, 0.05) is 17.7 Å². The van der Waals surface area contributed by atoms with E-state index in [0.29, 0.717) is 12.1 Å². The molecule has 2 heteroatoms. The van der Waals surface area contributed by atoms with Crippen molar-refractivity contribution in [3.05, 3.63) is 34.9 Å². The lowest BCUT2D eigenvalue weighted by Gasteiger charge is -2.04. The van der Waals surface area contributed by atoms with E-state index in [4.69, 9.17) is 6.42 Å². The molecule has 0 bridgehead atoms. The van der Waals surface area contributed by atoms with Crippen LogP contribution in [0, 0.1) is 19.3 Å². The Morgan fingerprint density at radius 1 is 1.57 bits per heavy atom. The zero-order valence-electron chi connectivity index (χ0n) is 8.42. The second kappa shape index (κ2) is 4.48. The van der Waals surface area contributed by atoms with Crippen LogP contribution in [0.15, 0.2) is 18.2 Å². The quantitative estimate of drug-likeness (QED) is 0.702. The average molecular weight is 187 g/mol. The Morgan fingerprint density at radius 3 is 2.86 bits per heavy atom. The number of benzene rings is 1. The van der Waals surface area contributed by atoms with Crippen molar-refractivity contribution in [2.45, 2.75) is 13.8 Å². The van der Waals surface area contributed by atoms with E-state index < -0.39 is 0 Å². The zero-order chi connectivity index (χ0) is 10.6. The molecule has 1 aromatic rings. The third kappa shape index (κ3) is 2.14. The molecule has 1 N–H and O–H groups in total. The highest BCUT2D eigenvalue weighted by Crippen LogP contribution is 2.09. The highest BCUT2D eigenvalue weighted by Gasteiger charge is 2.05. The molecule has 14 heavy (non-hydrogen) atoms.